The molecule has 0 unspecified atom stereocenters. The summed E-state index contributed by atoms with van der Waals surface area (Å²) in [7, 11) is 0. The molecule has 0 saturated carbocycles. The van der Waals surface area contributed by atoms with Gasteiger partial charge in [0.2, 0.25) is 0 Å². The SMILES string of the molecule is N#CCNc1cc(Nc2ccncc2)ncn1. The molecular formula is C11H10N6. The number of nitrogens with zero attached hydrogens (tertiary/aromatic N) is 4. The van der Waals surface area contributed by atoms with Crippen molar-refractivity contribution in [2.45, 2.75) is 0 Å². The molecule has 0 fully saturated rings. The third-order valence-electron chi connectivity index (χ3n) is 1.97. The Morgan fingerprint density at radius 1 is 1.18 bits per heavy atom. The van der Waals surface area contributed by atoms with Crippen LogP contribution in [-0.2, 0) is 0 Å². The molecule has 0 bridgehead atoms. The molecule has 2 aromatic heterocycles. The highest BCUT2D eigenvalue weighted by Crippen LogP contribution is 2.14. The van der Waals surface area contributed by atoms with E-state index in [1.54, 1.807) is 18.5 Å². The van der Waals surface area contributed by atoms with E-state index in [2.05, 4.69) is 25.6 Å². The predicted molar refractivity (Wildman–Crippen MR) is 63.7 cm³/mol. The van der Waals surface area contributed by atoms with Crippen LogP contribution in [0.5, 0.6) is 0 Å². The monoisotopic (exact) mass is 226 g/mol. The van der Waals surface area contributed by atoms with Gasteiger partial charge in [-0.1, -0.05) is 0 Å². The molecule has 2 aromatic rings. The number of pyridine rings is 1. The molecule has 84 valence electrons. The van der Waals surface area contributed by atoms with Crippen molar-refractivity contribution in [1.82, 2.24) is 15.0 Å². The van der Waals surface area contributed by atoms with Crippen LogP contribution in [0.1, 0.15) is 0 Å². The summed E-state index contributed by atoms with van der Waals surface area (Å²) in [5.41, 5.74) is 0.893. The lowest BCUT2D eigenvalue weighted by molar-refractivity contribution is 1.14. The Morgan fingerprint density at radius 3 is 2.71 bits per heavy atom. The first kappa shape index (κ1) is 10.8. The summed E-state index contributed by atoms with van der Waals surface area (Å²) in [6.07, 6.45) is 4.82. The molecule has 0 aliphatic heterocycles. The Morgan fingerprint density at radius 2 is 1.94 bits per heavy atom. The molecule has 2 rings (SSSR count). The van der Waals surface area contributed by atoms with E-state index in [4.69, 9.17) is 5.26 Å². The van der Waals surface area contributed by atoms with Crippen molar-refractivity contribution in [3.63, 3.8) is 0 Å². The minimum absolute atomic E-state index is 0.214. The van der Waals surface area contributed by atoms with Gasteiger partial charge in [-0.3, -0.25) is 4.98 Å². The molecule has 0 aliphatic rings. The third kappa shape index (κ3) is 3.14. The number of nitrogens with one attached hydrogen (secondary N) is 2. The van der Waals surface area contributed by atoms with Crippen molar-refractivity contribution in [3.8, 4) is 6.07 Å². The highest BCUT2D eigenvalue weighted by atomic mass is 15.1. The maximum Gasteiger partial charge on any atom is 0.135 e. The minimum atomic E-state index is 0.214. The molecule has 6 heteroatoms. The number of aromatic nitrogens is 3. The Labute approximate surface area is 98.4 Å². The van der Waals surface area contributed by atoms with Crippen LogP contribution in [0, 0.1) is 11.3 Å². The molecule has 0 aliphatic carbocycles. The van der Waals surface area contributed by atoms with Crippen LogP contribution in [0.3, 0.4) is 0 Å². The van der Waals surface area contributed by atoms with Crippen molar-refractivity contribution < 1.29 is 0 Å². The van der Waals surface area contributed by atoms with Gasteiger partial charge in [0, 0.05) is 24.1 Å². The van der Waals surface area contributed by atoms with Crippen LogP contribution < -0.4 is 10.6 Å². The van der Waals surface area contributed by atoms with E-state index in [1.807, 2.05) is 18.2 Å². The van der Waals surface area contributed by atoms with Crippen molar-refractivity contribution in [2.75, 3.05) is 17.2 Å². The second-order valence-corrected chi connectivity index (χ2v) is 3.16. The summed E-state index contributed by atoms with van der Waals surface area (Å²) in [5, 5.41) is 14.4. The fourth-order valence-electron chi connectivity index (χ4n) is 1.24. The van der Waals surface area contributed by atoms with Gasteiger partial charge in [0.1, 0.15) is 24.5 Å². The van der Waals surface area contributed by atoms with Gasteiger partial charge in [-0.25, -0.2) is 9.97 Å². The Kier molecular flexibility index (Phi) is 3.45. The Bertz CT molecular complexity index is 519. The van der Waals surface area contributed by atoms with Gasteiger partial charge in [-0.05, 0) is 12.1 Å². The first-order chi connectivity index (χ1) is 8.38. The Balaban J connectivity index is 2.09. The second kappa shape index (κ2) is 5.42. The zero-order chi connectivity index (χ0) is 11.9. The molecular weight excluding hydrogens is 216 g/mol. The van der Waals surface area contributed by atoms with Gasteiger partial charge in [0.25, 0.3) is 0 Å². The van der Waals surface area contributed by atoms with E-state index in [0.717, 1.165) is 5.69 Å². The molecule has 0 aromatic carbocycles. The zero-order valence-electron chi connectivity index (χ0n) is 8.96. The van der Waals surface area contributed by atoms with Crippen molar-refractivity contribution >= 4 is 17.3 Å². The van der Waals surface area contributed by atoms with Crippen LogP contribution in [0.2, 0.25) is 0 Å². The standard InChI is InChI=1S/C11H10N6/c12-3-6-14-10-7-11(16-8-15-10)17-9-1-4-13-5-2-9/h1-2,4-5,7-8H,6H2,(H2,13,14,15,16,17). The van der Waals surface area contributed by atoms with Crippen molar-refractivity contribution in [2.24, 2.45) is 0 Å². The zero-order valence-corrected chi connectivity index (χ0v) is 8.96. The topological polar surface area (TPSA) is 86.5 Å². The van der Waals surface area contributed by atoms with Gasteiger partial charge >= 0.3 is 0 Å². The van der Waals surface area contributed by atoms with Gasteiger partial charge in [-0.2, -0.15) is 5.26 Å². The largest absolute Gasteiger partial charge is 0.357 e. The van der Waals surface area contributed by atoms with Gasteiger partial charge in [0.05, 0.1) is 6.07 Å². The van der Waals surface area contributed by atoms with Gasteiger partial charge in [-0.15, -0.1) is 0 Å². The fraction of sp³-hybridized carbons (Fsp3) is 0.0909. The summed E-state index contributed by atoms with van der Waals surface area (Å²) in [6.45, 7) is 0.214. The first-order valence-electron chi connectivity index (χ1n) is 4.98. The average Bonchev–Trinajstić information content (AvgIpc) is 2.38. The highest BCUT2D eigenvalue weighted by Gasteiger charge is 1.98. The minimum Gasteiger partial charge on any atom is -0.357 e. The van der Waals surface area contributed by atoms with Gasteiger partial charge < -0.3 is 10.6 Å². The smallest absolute Gasteiger partial charge is 0.135 e. The summed E-state index contributed by atoms with van der Waals surface area (Å²) in [5.74, 6) is 1.27. The van der Waals surface area contributed by atoms with E-state index in [0.29, 0.717) is 11.6 Å². The number of hydrogen-bond donors (Lipinski definition) is 2. The Hall–Kier alpha value is -2.68. The predicted octanol–water partition coefficient (Wildman–Crippen LogP) is 1.55. The molecule has 0 amide bonds. The van der Waals surface area contributed by atoms with E-state index >= 15 is 0 Å². The third-order valence-corrected chi connectivity index (χ3v) is 1.97. The molecule has 0 atom stereocenters. The highest BCUT2D eigenvalue weighted by molar-refractivity contribution is 5.58. The lowest BCUT2D eigenvalue weighted by atomic mass is 10.4. The van der Waals surface area contributed by atoms with Crippen LogP contribution in [0.15, 0.2) is 36.9 Å². The molecule has 17 heavy (non-hydrogen) atoms. The van der Waals surface area contributed by atoms with Gasteiger partial charge in [0.15, 0.2) is 0 Å². The number of nitriles is 1. The molecule has 6 nitrogen and oxygen atoms in total. The van der Waals surface area contributed by atoms with Crippen LogP contribution in [0.4, 0.5) is 17.3 Å². The number of rotatable bonds is 4. The second-order valence-electron chi connectivity index (χ2n) is 3.16. The lowest BCUT2D eigenvalue weighted by Crippen LogP contribution is -2.02. The van der Waals surface area contributed by atoms with Crippen molar-refractivity contribution in [3.05, 3.63) is 36.9 Å². The van der Waals surface area contributed by atoms with E-state index in [9.17, 15) is 0 Å². The van der Waals surface area contributed by atoms with Crippen molar-refractivity contribution in [1.29, 1.82) is 5.26 Å². The molecule has 0 saturated heterocycles. The average molecular weight is 226 g/mol. The van der Waals surface area contributed by atoms with E-state index in [-0.39, 0.29) is 6.54 Å². The fourth-order valence-corrected chi connectivity index (χ4v) is 1.24. The quantitative estimate of drug-likeness (QED) is 0.769. The number of hydrogen-bond acceptors (Lipinski definition) is 6. The van der Waals surface area contributed by atoms with Crippen LogP contribution in [-0.4, -0.2) is 21.5 Å². The summed E-state index contributed by atoms with van der Waals surface area (Å²) in [4.78, 5) is 12.0. The maximum atomic E-state index is 8.45. The van der Waals surface area contributed by atoms with E-state index < -0.39 is 0 Å². The number of anilines is 3. The molecule has 2 heterocycles. The molecule has 2 N–H and O–H groups in total. The summed E-state index contributed by atoms with van der Waals surface area (Å²) >= 11 is 0. The normalized spacial score (nSPS) is 9.35. The molecule has 0 spiro atoms. The maximum absolute atomic E-state index is 8.45. The van der Waals surface area contributed by atoms with Crippen LogP contribution >= 0.6 is 0 Å². The van der Waals surface area contributed by atoms with Crippen LogP contribution in [0.25, 0.3) is 0 Å². The van der Waals surface area contributed by atoms with E-state index in [1.165, 1.54) is 6.33 Å². The molecule has 0 radical (unpaired) electrons. The summed E-state index contributed by atoms with van der Waals surface area (Å²) < 4.78 is 0. The first-order valence-corrected chi connectivity index (χ1v) is 4.98. The lowest BCUT2D eigenvalue weighted by Gasteiger charge is -2.06. The summed E-state index contributed by atoms with van der Waals surface area (Å²) in [6, 6.07) is 7.39.